The standard InChI is InChI=1S/C12H17N3O2/c1-14-5-6-15(12(16)17)11(8-14)9-3-2-4-10(13)7-9/h2-4,7,11H,5-6,8,13H2,1H3,(H,16,17). The van der Waals surface area contributed by atoms with Crippen molar-refractivity contribution in [3.05, 3.63) is 29.8 Å². The number of carbonyl (C=O) groups is 1. The number of nitrogens with zero attached hydrogens (tertiary/aromatic N) is 2. The minimum absolute atomic E-state index is 0.130. The lowest BCUT2D eigenvalue weighted by atomic mass is 10.0. The summed E-state index contributed by atoms with van der Waals surface area (Å²) in [6, 6.07) is 7.31. The minimum atomic E-state index is -0.870. The van der Waals surface area contributed by atoms with Crippen LogP contribution in [0, 0.1) is 0 Å². The second kappa shape index (κ2) is 4.63. The van der Waals surface area contributed by atoms with Crippen LogP contribution >= 0.6 is 0 Å². The van der Waals surface area contributed by atoms with Gasteiger partial charge < -0.3 is 15.7 Å². The maximum Gasteiger partial charge on any atom is 0.407 e. The van der Waals surface area contributed by atoms with Crippen LogP contribution in [0.4, 0.5) is 10.5 Å². The first-order valence-electron chi connectivity index (χ1n) is 5.61. The molecule has 5 nitrogen and oxygen atoms in total. The summed E-state index contributed by atoms with van der Waals surface area (Å²) >= 11 is 0. The molecule has 1 aromatic rings. The van der Waals surface area contributed by atoms with E-state index >= 15 is 0 Å². The Balaban J connectivity index is 2.28. The van der Waals surface area contributed by atoms with Crippen LogP contribution in [0.1, 0.15) is 11.6 Å². The van der Waals surface area contributed by atoms with Gasteiger partial charge in [-0.3, -0.25) is 4.90 Å². The van der Waals surface area contributed by atoms with E-state index in [1.807, 2.05) is 25.2 Å². The van der Waals surface area contributed by atoms with Crippen LogP contribution in [0.25, 0.3) is 0 Å². The van der Waals surface area contributed by atoms with Gasteiger partial charge in [0.2, 0.25) is 0 Å². The number of nitrogens with two attached hydrogens (primary N) is 1. The number of benzene rings is 1. The second-order valence-electron chi connectivity index (χ2n) is 4.42. The Labute approximate surface area is 100 Å². The van der Waals surface area contributed by atoms with E-state index in [0.29, 0.717) is 18.8 Å². The van der Waals surface area contributed by atoms with Crippen molar-refractivity contribution in [2.24, 2.45) is 0 Å². The van der Waals surface area contributed by atoms with Gasteiger partial charge in [0.1, 0.15) is 0 Å². The lowest BCUT2D eigenvalue weighted by Crippen LogP contribution is -2.48. The molecule has 3 N–H and O–H groups in total. The number of hydrogen-bond donors (Lipinski definition) is 2. The van der Waals surface area contributed by atoms with Gasteiger partial charge in [-0.25, -0.2) is 4.79 Å². The molecule has 1 aliphatic rings. The Kier molecular flexibility index (Phi) is 3.19. The molecular weight excluding hydrogens is 218 g/mol. The molecule has 92 valence electrons. The maximum absolute atomic E-state index is 11.2. The molecule has 1 aliphatic heterocycles. The number of hydrogen-bond acceptors (Lipinski definition) is 3. The molecule has 2 rings (SSSR count). The van der Waals surface area contributed by atoms with Gasteiger partial charge in [0, 0.05) is 25.3 Å². The van der Waals surface area contributed by atoms with Crippen molar-refractivity contribution in [2.45, 2.75) is 6.04 Å². The number of nitrogen functional groups attached to an aromatic ring is 1. The molecular formula is C12H17N3O2. The maximum atomic E-state index is 11.2. The molecule has 1 amide bonds. The van der Waals surface area contributed by atoms with Gasteiger partial charge in [-0.05, 0) is 24.7 Å². The number of likely N-dealkylation sites (N-methyl/N-ethyl adjacent to an activating group) is 1. The van der Waals surface area contributed by atoms with Crippen molar-refractivity contribution < 1.29 is 9.90 Å². The van der Waals surface area contributed by atoms with Gasteiger partial charge in [-0.2, -0.15) is 0 Å². The highest BCUT2D eigenvalue weighted by Gasteiger charge is 2.29. The first-order valence-corrected chi connectivity index (χ1v) is 5.61. The first-order chi connectivity index (χ1) is 8.08. The summed E-state index contributed by atoms with van der Waals surface area (Å²) in [5.41, 5.74) is 7.37. The zero-order valence-corrected chi connectivity index (χ0v) is 9.84. The molecule has 1 aromatic carbocycles. The van der Waals surface area contributed by atoms with Crippen LogP contribution in [-0.2, 0) is 0 Å². The predicted molar refractivity (Wildman–Crippen MR) is 65.8 cm³/mol. The van der Waals surface area contributed by atoms with E-state index in [9.17, 15) is 9.90 Å². The monoisotopic (exact) mass is 235 g/mol. The van der Waals surface area contributed by atoms with Crippen LogP contribution in [0.3, 0.4) is 0 Å². The lowest BCUT2D eigenvalue weighted by molar-refractivity contribution is 0.0775. The summed E-state index contributed by atoms with van der Waals surface area (Å²) in [7, 11) is 2.00. The van der Waals surface area contributed by atoms with Crippen LogP contribution in [0.2, 0.25) is 0 Å². The van der Waals surface area contributed by atoms with Gasteiger partial charge in [0.25, 0.3) is 0 Å². The summed E-state index contributed by atoms with van der Waals surface area (Å²) in [4.78, 5) is 14.8. The second-order valence-corrected chi connectivity index (χ2v) is 4.42. The molecule has 1 saturated heterocycles. The van der Waals surface area contributed by atoms with Crippen molar-refractivity contribution in [3.63, 3.8) is 0 Å². The van der Waals surface area contributed by atoms with Crippen LogP contribution in [0.5, 0.6) is 0 Å². The largest absolute Gasteiger partial charge is 0.465 e. The average Bonchev–Trinajstić information content (AvgIpc) is 2.28. The Morgan fingerprint density at radius 2 is 2.24 bits per heavy atom. The fraction of sp³-hybridized carbons (Fsp3) is 0.417. The molecule has 1 atom stereocenters. The third-order valence-electron chi connectivity index (χ3n) is 3.12. The first kappa shape index (κ1) is 11.7. The van der Waals surface area contributed by atoms with E-state index in [1.54, 1.807) is 6.07 Å². The van der Waals surface area contributed by atoms with E-state index in [0.717, 1.165) is 12.1 Å². The van der Waals surface area contributed by atoms with Crippen molar-refractivity contribution in [1.29, 1.82) is 0 Å². The molecule has 0 bridgehead atoms. The van der Waals surface area contributed by atoms with Gasteiger partial charge in [-0.15, -0.1) is 0 Å². The van der Waals surface area contributed by atoms with Crippen molar-refractivity contribution in [3.8, 4) is 0 Å². The molecule has 0 saturated carbocycles. The van der Waals surface area contributed by atoms with E-state index in [-0.39, 0.29) is 6.04 Å². The number of anilines is 1. The van der Waals surface area contributed by atoms with Crippen molar-refractivity contribution in [1.82, 2.24) is 9.80 Å². The van der Waals surface area contributed by atoms with Crippen LogP contribution < -0.4 is 5.73 Å². The van der Waals surface area contributed by atoms with Gasteiger partial charge in [0.05, 0.1) is 6.04 Å². The third-order valence-corrected chi connectivity index (χ3v) is 3.12. The lowest BCUT2D eigenvalue weighted by Gasteiger charge is -2.38. The summed E-state index contributed by atoms with van der Waals surface area (Å²) in [5.74, 6) is 0. The molecule has 17 heavy (non-hydrogen) atoms. The summed E-state index contributed by atoms with van der Waals surface area (Å²) in [5, 5.41) is 9.20. The zero-order chi connectivity index (χ0) is 12.4. The smallest absolute Gasteiger partial charge is 0.407 e. The van der Waals surface area contributed by atoms with Gasteiger partial charge in [-0.1, -0.05) is 12.1 Å². The highest BCUT2D eigenvalue weighted by atomic mass is 16.4. The molecule has 5 heteroatoms. The molecule has 0 radical (unpaired) electrons. The molecule has 1 heterocycles. The number of carboxylic acid groups (broad SMARTS) is 1. The molecule has 1 unspecified atom stereocenters. The van der Waals surface area contributed by atoms with Gasteiger partial charge >= 0.3 is 6.09 Å². The minimum Gasteiger partial charge on any atom is -0.465 e. The average molecular weight is 235 g/mol. The van der Waals surface area contributed by atoms with E-state index in [4.69, 9.17) is 5.73 Å². The van der Waals surface area contributed by atoms with E-state index in [2.05, 4.69) is 4.90 Å². The van der Waals surface area contributed by atoms with E-state index in [1.165, 1.54) is 4.90 Å². The fourth-order valence-corrected chi connectivity index (χ4v) is 2.20. The zero-order valence-electron chi connectivity index (χ0n) is 9.84. The van der Waals surface area contributed by atoms with Crippen molar-refractivity contribution in [2.75, 3.05) is 32.4 Å². The summed E-state index contributed by atoms with van der Waals surface area (Å²) < 4.78 is 0. The Morgan fingerprint density at radius 3 is 2.88 bits per heavy atom. The fourth-order valence-electron chi connectivity index (χ4n) is 2.20. The highest BCUT2D eigenvalue weighted by Crippen LogP contribution is 2.26. The van der Waals surface area contributed by atoms with Crippen molar-refractivity contribution >= 4 is 11.8 Å². The Hall–Kier alpha value is -1.75. The van der Waals surface area contributed by atoms with Gasteiger partial charge in [0.15, 0.2) is 0 Å². The normalized spacial score (nSPS) is 21.5. The van der Waals surface area contributed by atoms with Crippen LogP contribution in [0.15, 0.2) is 24.3 Å². The Morgan fingerprint density at radius 1 is 1.47 bits per heavy atom. The molecule has 0 aromatic heterocycles. The number of amides is 1. The summed E-state index contributed by atoms with van der Waals surface area (Å²) in [6.07, 6.45) is -0.870. The summed E-state index contributed by atoms with van der Waals surface area (Å²) in [6.45, 7) is 2.01. The molecule has 0 spiro atoms. The topological polar surface area (TPSA) is 69.8 Å². The SMILES string of the molecule is CN1CCN(C(=O)O)C(c2cccc(N)c2)C1. The quantitative estimate of drug-likeness (QED) is 0.718. The van der Waals surface area contributed by atoms with E-state index < -0.39 is 6.09 Å². The highest BCUT2D eigenvalue weighted by molar-refractivity contribution is 5.66. The number of piperazine rings is 1. The predicted octanol–water partition coefficient (Wildman–Crippen LogP) is 1.24. The molecule has 1 fully saturated rings. The molecule has 0 aliphatic carbocycles. The Bertz CT molecular complexity index is 422. The third kappa shape index (κ3) is 2.50. The van der Waals surface area contributed by atoms with Crippen LogP contribution in [-0.4, -0.2) is 47.7 Å². The number of rotatable bonds is 1.